The number of fused-ring (bicyclic) bond motifs is 2. The third-order valence-electron chi connectivity index (χ3n) is 13.7. The first-order valence-corrected chi connectivity index (χ1v) is 26.1. The lowest BCUT2D eigenvalue weighted by Crippen LogP contribution is -2.70. The molecule has 0 radical (unpaired) electrons. The Labute approximate surface area is 408 Å². The van der Waals surface area contributed by atoms with Gasteiger partial charge in [-0.3, -0.25) is 4.79 Å². The van der Waals surface area contributed by atoms with Crippen molar-refractivity contribution in [2.75, 3.05) is 40.0 Å². The van der Waals surface area contributed by atoms with Crippen LogP contribution in [0.4, 0.5) is 4.79 Å². The van der Waals surface area contributed by atoms with E-state index in [1.807, 2.05) is 62.1 Å². The quantitative estimate of drug-likeness (QED) is 0.0395. The van der Waals surface area contributed by atoms with Gasteiger partial charge in [0.15, 0.2) is 0 Å². The summed E-state index contributed by atoms with van der Waals surface area (Å²) in [6.45, 7) is 15.6. The van der Waals surface area contributed by atoms with Gasteiger partial charge >= 0.3 is 6.09 Å². The average Bonchev–Trinajstić information content (AvgIpc) is 3.32. The molecule has 2 aromatic carbocycles. The van der Waals surface area contributed by atoms with Crippen molar-refractivity contribution in [3.63, 3.8) is 0 Å². The summed E-state index contributed by atoms with van der Waals surface area (Å²) in [4.78, 5) is 36.5. The number of rotatable bonds is 30. The number of aliphatic hydroxyl groups is 2. The van der Waals surface area contributed by atoms with Crippen LogP contribution >= 0.6 is 0 Å². The van der Waals surface area contributed by atoms with Crippen LogP contribution in [0.15, 0.2) is 71.9 Å². The average molecular weight is 944 g/mol. The predicted octanol–water partition coefficient (Wildman–Crippen LogP) is 11.6. The Morgan fingerprint density at radius 3 is 2.26 bits per heavy atom. The van der Waals surface area contributed by atoms with Crippen LogP contribution in [0.2, 0.25) is 0 Å². The number of hydrogen-bond donors (Lipinski definition) is 3. The van der Waals surface area contributed by atoms with E-state index in [0.717, 1.165) is 67.4 Å². The van der Waals surface area contributed by atoms with Crippen LogP contribution in [-0.4, -0.2) is 90.3 Å². The molecule has 12 nitrogen and oxygen atoms in total. The van der Waals surface area contributed by atoms with Gasteiger partial charge in [0.2, 0.25) is 11.7 Å². The van der Waals surface area contributed by atoms with Gasteiger partial charge in [0, 0.05) is 44.2 Å². The van der Waals surface area contributed by atoms with Gasteiger partial charge in [-0.05, 0) is 113 Å². The van der Waals surface area contributed by atoms with Crippen LogP contribution in [0.5, 0.6) is 17.2 Å². The summed E-state index contributed by atoms with van der Waals surface area (Å²) in [5.74, 6) is -0.420. The van der Waals surface area contributed by atoms with Gasteiger partial charge in [-0.25, -0.2) is 4.79 Å². The zero-order chi connectivity index (χ0) is 48.9. The van der Waals surface area contributed by atoms with Crippen LogP contribution in [0, 0.1) is 17.8 Å². The fourth-order valence-electron chi connectivity index (χ4n) is 10.6. The van der Waals surface area contributed by atoms with Crippen molar-refractivity contribution < 1.29 is 43.6 Å². The predicted molar refractivity (Wildman–Crippen MR) is 270 cm³/mol. The molecule has 2 amide bonds. The minimum absolute atomic E-state index is 0.0272. The van der Waals surface area contributed by atoms with Gasteiger partial charge in [-0.2, -0.15) is 0 Å². The van der Waals surface area contributed by atoms with Crippen molar-refractivity contribution in [1.82, 2.24) is 10.2 Å². The van der Waals surface area contributed by atoms with Crippen molar-refractivity contribution in [3.8, 4) is 17.2 Å². The Balaban J connectivity index is 1.58. The molecule has 1 heterocycles. The molecule has 2 aliphatic carbocycles. The molecule has 1 aliphatic heterocycles. The van der Waals surface area contributed by atoms with Gasteiger partial charge in [0.1, 0.15) is 28.9 Å². The van der Waals surface area contributed by atoms with E-state index in [-0.39, 0.29) is 49.9 Å². The van der Waals surface area contributed by atoms with Gasteiger partial charge in [-0.1, -0.05) is 114 Å². The summed E-state index contributed by atoms with van der Waals surface area (Å²) >= 11 is 0. The molecule has 0 bridgehead atoms. The van der Waals surface area contributed by atoms with Crippen molar-refractivity contribution in [3.05, 3.63) is 77.9 Å². The van der Waals surface area contributed by atoms with Gasteiger partial charge < -0.3 is 44.2 Å². The number of aliphatic hydroxyl groups excluding tert-OH is 2. The molecule has 68 heavy (non-hydrogen) atoms. The highest BCUT2D eigenvalue weighted by Gasteiger charge is 2.65. The maximum Gasteiger partial charge on any atom is 0.412 e. The fraction of sp³-hybridized carbons (Fsp3) is 0.661. The number of nitrogens with zero attached hydrogens (tertiary/aromatic N) is 2. The smallest absolute Gasteiger partial charge is 0.412 e. The topological polar surface area (TPSA) is 148 Å². The number of carbonyl (C=O) groups is 2. The molecule has 12 heteroatoms. The monoisotopic (exact) mass is 944 g/mol. The van der Waals surface area contributed by atoms with Crippen molar-refractivity contribution in [1.29, 1.82) is 0 Å². The van der Waals surface area contributed by atoms with Gasteiger partial charge in [0.25, 0.3) is 0 Å². The van der Waals surface area contributed by atoms with Gasteiger partial charge in [0.05, 0.1) is 31.8 Å². The van der Waals surface area contributed by atoms with Crippen molar-refractivity contribution in [2.45, 2.75) is 180 Å². The number of nitrogens with one attached hydrogen (secondary N) is 1. The molecule has 0 aromatic heterocycles. The molecule has 5 rings (SSSR count). The number of methoxy groups -OCH3 is 1. The van der Waals surface area contributed by atoms with E-state index in [9.17, 15) is 19.8 Å². The molecule has 378 valence electrons. The molecular formula is C56H85N3O9. The Morgan fingerprint density at radius 1 is 0.897 bits per heavy atom. The minimum atomic E-state index is -1.39. The number of benzene rings is 2. The molecule has 0 spiro atoms. The van der Waals surface area contributed by atoms with Crippen LogP contribution in [0.3, 0.4) is 0 Å². The standard InChI is InChI=1S/C56H85N3O9/c1-8-11-12-13-14-15-16-17-18-21-31-57-54(63)66-44-29-30-49-47(39-44)52-45(28-20-23-34-61)42(26-19-22-33-60)38-46-48(58-68-55(4,5)6)40-50(56(67-49,53(46)52)65-35-10-3)59(32-9-2)51(62)37-41-25-24-27-43(36-41)64-7/h10,24-25,27,29-30,36,38-39,42,45,50,52-53,60-61H,3,8-9,11-23,26,28,31-35,37,40H2,1-2,4-7H3,(H,57,63). The number of ether oxygens (including phenoxy) is 4. The highest BCUT2D eigenvalue weighted by molar-refractivity contribution is 6.03. The lowest BCUT2D eigenvalue weighted by molar-refractivity contribution is -0.257. The van der Waals surface area contributed by atoms with E-state index >= 15 is 0 Å². The number of unbranched alkanes of at least 4 members (excludes halogenated alkanes) is 11. The number of hydrogen-bond acceptors (Lipinski definition) is 10. The summed E-state index contributed by atoms with van der Waals surface area (Å²) in [5, 5.41) is 27.9. The zero-order valence-electron chi connectivity index (χ0n) is 42.4. The first kappa shape index (κ1) is 54.5. The number of oxime groups is 1. The molecule has 1 fully saturated rings. The highest BCUT2D eigenvalue weighted by Crippen LogP contribution is 2.62. The third kappa shape index (κ3) is 15.1. The summed E-state index contributed by atoms with van der Waals surface area (Å²) in [6.07, 6.45) is 21.4. The van der Waals surface area contributed by atoms with Crippen LogP contribution in [0.1, 0.15) is 167 Å². The first-order valence-electron chi connectivity index (χ1n) is 26.1. The molecule has 1 saturated carbocycles. The SMILES string of the molecule is C=CCOC12Oc3ccc(OC(=O)NCCCCCCCCCCCC)cc3C3C(CCCCO)C(CCCCO)C=C(C(=NOC(C)(C)C)CC1N(CCC)C(=O)Cc1cccc(OC)c1)C32. The van der Waals surface area contributed by atoms with Crippen molar-refractivity contribution >= 4 is 17.7 Å². The molecular weight excluding hydrogens is 859 g/mol. The Hall–Kier alpha value is -4.39. The molecule has 6 unspecified atom stereocenters. The van der Waals surface area contributed by atoms with Crippen LogP contribution in [-0.2, 0) is 20.8 Å². The normalized spacial score (nSPS) is 22.3. The van der Waals surface area contributed by atoms with Gasteiger partial charge in [-0.15, -0.1) is 6.58 Å². The van der Waals surface area contributed by atoms with E-state index in [4.69, 9.17) is 28.9 Å². The largest absolute Gasteiger partial charge is 0.497 e. The summed E-state index contributed by atoms with van der Waals surface area (Å²) < 4.78 is 26.1. The maximum atomic E-state index is 15.0. The second kappa shape index (κ2) is 27.7. The molecule has 2 aromatic rings. The van der Waals surface area contributed by atoms with E-state index in [1.54, 1.807) is 19.3 Å². The van der Waals surface area contributed by atoms with E-state index < -0.39 is 29.4 Å². The summed E-state index contributed by atoms with van der Waals surface area (Å²) in [7, 11) is 1.62. The molecule has 3 N–H and O–H groups in total. The highest BCUT2D eigenvalue weighted by atomic mass is 16.7. The minimum Gasteiger partial charge on any atom is -0.497 e. The lowest BCUT2D eigenvalue weighted by atomic mass is 9.55. The van der Waals surface area contributed by atoms with Crippen molar-refractivity contribution in [2.24, 2.45) is 22.9 Å². The second-order valence-electron chi connectivity index (χ2n) is 20.1. The maximum absolute atomic E-state index is 15.0. The number of amides is 2. The second-order valence-corrected chi connectivity index (χ2v) is 20.1. The lowest BCUT2D eigenvalue weighted by Gasteiger charge is -2.60. The van der Waals surface area contributed by atoms with E-state index in [1.165, 1.54) is 44.9 Å². The zero-order valence-corrected chi connectivity index (χ0v) is 42.4. The third-order valence-corrected chi connectivity index (χ3v) is 13.7. The van der Waals surface area contributed by atoms with Crippen LogP contribution in [0.25, 0.3) is 0 Å². The van der Waals surface area contributed by atoms with Crippen LogP contribution < -0.4 is 19.5 Å². The molecule has 0 saturated heterocycles. The molecule has 6 atom stereocenters. The summed E-state index contributed by atoms with van der Waals surface area (Å²) in [6, 6.07) is 12.6. The summed E-state index contributed by atoms with van der Waals surface area (Å²) in [5.41, 5.74) is 2.81. The fourth-order valence-corrected chi connectivity index (χ4v) is 10.6. The van der Waals surface area contributed by atoms with E-state index in [2.05, 4.69) is 31.8 Å². The number of allylic oxidation sites excluding steroid dienone is 1. The Morgan fingerprint density at radius 2 is 1.60 bits per heavy atom. The first-order chi connectivity index (χ1) is 32.9. The Kier molecular flexibility index (Phi) is 22.2. The Bertz CT molecular complexity index is 1940. The number of carbonyl (C=O) groups excluding carboxylic acids is 2. The van der Waals surface area contributed by atoms with E-state index in [0.29, 0.717) is 56.0 Å². The molecule has 3 aliphatic rings.